The molecule has 90 valence electrons. The largest absolute Gasteiger partial charge is 0.433 e. The van der Waals surface area contributed by atoms with Crippen molar-refractivity contribution in [1.82, 2.24) is 14.6 Å². The molecule has 17 heavy (non-hydrogen) atoms. The predicted molar refractivity (Wildman–Crippen MR) is 53.9 cm³/mol. The molecule has 9 heteroatoms. The van der Waals surface area contributed by atoms with E-state index in [0.29, 0.717) is 10.6 Å². The summed E-state index contributed by atoms with van der Waals surface area (Å²) in [7, 11) is 0. The zero-order chi connectivity index (χ0) is 12.8. The molecule has 0 spiro atoms. The molecule has 5 nitrogen and oxygen atoms in total. The average molecular weight is 262 g/mol. The fourth-order valence-corrected chi connectivity index (χ4v) is 1.58. The molecule has 0 aliphatic heterocycles. The minimum absolute atomic E-state index is 0.151. The van der Waals surface area contributed by atoms with E-state index in [4.69, 9.17) is 5.73 Å². The molecule has 0 saturated heterocycles. The van der Waals surface area contributed by atoms with Gasteiger partial charge in [0.1, 0.15) is 15.9 Å². The number of nitrogens with one attached hydrogen (secondary N) is 1. The highest BCUT2D eigenvalue weighted by atomic mass is 32.1. The third-order valence-corrected chi connectivity index (χ3v) is 2.27. The van der Waals surface area contributed by atoms with Crippen molar-refractivity contribution in [2.45, 2.75) is 6.18 Å². The maximum atomic E-state index is 12.7. The number of carbonyl (C=O) groups excluding carboxylic acids is 1. The van der Waals surface area contributed by atoms with Crippen molar-refractivity contribution >= 4 is 23.8 Å². The van der Waals surface area contributed by atoms with E-state index in [-0.39, 0.29) is 15.9 Å². The highest BCUT2D eigenvalue weighted by Gasteiger charge is 2.34. The van der Waals surface area contributed by atoms with Crippen LogP contribution in [0.1, 0.15) is 16.1 Å². The lowest BCUT2D eigenvalue weighted by Crippen LogP contribution is -2.15. The highest BCUT2D eigenvalue weighted by Crippen LogP contribution is 2.29. The molecular weight excluding hydrogens is 257 g/mol. The van der Waals surface area contributed by atoms with Crippen molar-refractivity contribution in [3.63, 3.8) is 0 Å². The third-order valence-electron chi connectivity index (χ3n) is 2.06. The molecule has 0 aliphatic rings. The van der Waals surface area contributed by atoms with Gasteiger partial charge < -0.3 is 5.73 Å². The van der Waals surface area contributed by atoms with Gasteiger partial charge in [-0.1, -0.05) is 12.2 Å². The Hall–Kier alpha value is -1.90. The van der Waals surface area contributed by atoms with E-state index in [1.807, 2.05) is 0 Å². The average Bonchev–Trinajstić information content (AvgIpc) is 2.57. The first-order valence-electron chi connectivity index (χ1n) is 4.29. The van der Waals surface area contributed by atoms with E-state index in [1.165, 1.54) is 0 Å². The predicted octanol–water partition coefficient (Wildman–Crippen LogP) is 1.51. The number of hydrogen-bond acceptors (Lipinski definition) is 3. The maximum absolute atomic E-state index is 12.7. The van der Waals surface area contributed by atoms with E-state index in [9.17, 15) is 18.0 Å². The van der Waals surface area contributed by atoms with Crippen LogP contribution in [0.3, 0.4) is 0 Å². The first kappa shape index (κ1) is 11.6. The van der Waals surface area contributed by atoms with E-state index < -0.39 is 17.8 Å². The molecule has 0 bridgehead atoms. The van der Waals surface area contributed by atoms with Crippen LogP contribution in [0, 0.1) is 4.64 Å². The van der Waals surface area contributed by atoms with Crippen LogP contribution >= 0.6 is 12.2 Å². The smallest absolute Gasteiger partial charge is 0.365 e. The summed E-state index contributed by atoms with van der Waals surface area (Å²) in [6, 6.07) is 0.698. The van der Waals surface area contributed by atoms with Crippen LogP contribution in [-0.2, 0) is 6.18 Å². The van der Waals surface area contributed by atoms with Gasteiger partial charge in [0.25, 0.3) is 5.91 Å². The lowest BCUT2D eigenvalue weighted by molar-refractivity contribution is -0.142. The van der Waals surface area contributed by atoms with E-state index >= 15 is 0 Å². The summed E-state index contributed by atoms with van der Waals surface area (Å²) >= 11 is 4.62. The van der Waals surface area contributed by atoms with Crippen molar-refractivity contribution in [2.24, 2.45) is 5.73 Å². The lowest BCUT2D eigenvalue weighted by atomic mass is 10.3. The number of hydrogen-bond donors (Lipinski definition) is 2. The highest BCUT2D eigenvalue weighted by molar-refractivity contribution is 7.71. The van der Waals surface area contributed by atoms with E-state index in [0.717, 1.165) is 6.20 Å². The topological polar surface area (TPSA) is 76.2 Å². The Morgan fingerprint density at radius 3 is 2.71 bits per heavy atom. The molecule has 2 heterocycles. The Kier molecular flexibility index (Phi) is 2.42. The molecule has 0 aromatic carbocycles. The summed E-state index contributed by atoms with van der Waals surface area (Å²) in [4.78, 5) is 14.7. The Morgan fingerprint density at radius 1 is 1.53 bits per heavy atom. The molecule has 2 aromatic rings. The van der Waals surface area contributed by atoms with Gasteiger partial charge in [-0.05, 0) is 0 Å². The van der Waals surface area contributed by atoms with Gasteiger partial charge in [-0.15, -0.1) is 0 Å². The van der Waals surface area contributed by atoms with Gasteiger partial charge in [0, 0.05) is 12.3 Å². The monoisotopic (exact) mass is 262 g/mol. The summed E-state index contributed by atoms with van der Waals surface area (Å²) in [5, 5.41) is 2.26. The van der Waals surface area contributed by atoms with Crippen LogP contribution in [0.4, 0.5) is 13.2 Å². The number of rotatable bonds is 1. The van der Waals surface area contributed by atoms with Crippen LogP contribution in [0.25, 0.3) is 5.65 Å². The summed E-state index contributed by atoms with van der Waals surface area (Å²) in [6.45, 7) is 0. The van der Waals surface area contributed by atoms with Crippen molar-refractivity contribution in [3.8, 4) is 0 Å². The van der Waals surface area contributed by atoms with E-state index in [2.05, 4.69) is 22.3 Å². The SMILES string of the molecule is NC(=O)c1c[nH]n2c(C(F)(F)F)cc(=S)nc12. The molecule has 0 fully saturated rings. The Bertz CT molecular complexity index is 657. The Labute approximate surface area is 97.0 Å². The fourth-order valence-electron chi connectivity index (χ4n) is 1.38. The number of amides is 1. The maximum Gasteiger partial charge on any atom is 0.433 e. The molecule has 0 aliphatic carbocycles. The first-order chi connectivity index (χ1) is 7.80. The number of nitrogens with zero attached hydrogens (tertiary/aromatic N) is 2. The number of nitrogens with two attached hydrogens (primary N) is 1. The van der Waals surface area contributed by atoms with Gasteiger partial charge in [-0.3, -0.25) is 9.89 Å². The van der Waals surface area contributed by atoms with E-state index in [1.54, 1.807) is 0 Å². The Morgan fingerprint density at radius 2 is 2.18 bits per heavy atom. The van der Waals surface area contributed by atoms with Crippen LogP contribution in [0.2, 0.25) is 0 Å². The zero-order valence-corrected chi connectivity index (χ0v) is 8.89. The summed E-state index contributed by atoms with van der Waals surface area (Å²) in [5.74, 6) is -0.884. The second-order valence-electron chi connectivity index (χ2n) is 3.19. The number of primary amides is 1. The van der Waals surface area contributed by atoms with Crippen molar-refractivity contribution in [3.05, 3.63) is 28.2 Å². The van der Waals surface area contributed by atoms with Gasteiger partial charge in [-0.25, -0.2) is 9.50 Å². The van der Waals surface area contributed by atoms with Crippen molar-refractivity contribution in [1.29, 1.82) is 0 Å². The van der Waals surface area contributed by atoms with Crippen LogP contribution in [0.5, 0.6) is 0 Å². The number of halogens is 3. The number of H-pyrrole nitrogens is 1. The normalized spacial score (nSPS) is 11.9. The fraction of sp³-hybridized carbons (Fsp3) is 0.125. The summed E-state index contributed by atoms with van der Waals surface area (Å²) < 4.78 is 38.4. The van der Waals surface area contributed by atoms with Gasteiger partial charge in [0.2, 0.25) is 0 Å². The molecule has 2 aromatic heterocycles. The summed E-state index contributed by atoms with van der Waals surface area (Å²) in [6.07, 6.45) is -3.56. The van der Waals surface area contributed by atoms with Crippen molar-refractivity contribution < 1.29 is 18.0 Å². The standard InChI is InChI=1S/C8H5F3N4OS/c9-8(10,11)4-1-5(17)14-7-3(6(12)16)2-13-15(4)7/h1-2,13H,(H2,12,16). The molecule has 0 saturated carbocycles. The molecule has 2 rings (SSSR count). The van der Waals surface area contributed by atoms with Crippen molar-refractivity contribution in [2.75, 3.05) is 0 Å². The third kappa shape index (κ3) is 1.88. The molecule has 0 atom stereocenters. The minimum atomic E-state index is -4.61. The number of aromatic nitrogens is 3. The second kappa shape index (κ2) is 3.55. The van der Waals surface area contributed by atoms with Crippen LogP contribution in [0.15, 0.2) is 12.3 Å². The number of carbonyl (C=O) groups is 1. The molecule has 1 amide bonds. The second-order valence-corrected chi connectivity index (χ2v) is 3.61. The number of fused-ring (bicyclic) bond motifs is 1. The van der Waals surface area contributed by atoms with Gasteiger partial charge in [0.15, 0.2) is 5.65 Å². The molecule has 3 N–H and O–H groups in total. The quantitative estimate of drug-likeness (QED) is 0.765. The summed E-state index contributed by atoms with van der Waals surface area (Å²) in [5.41, 5.74) is 3.57. The molecular formula is C8H5F3N4OS. The first-order valence-corrected chi connectivity index (χ1v) is 4.69. The van der Waals surface area contributed by atoms with Crippen LogP contribution < -0.4 is 5.73 Å². The zero-order valence-electron chi connectivity index (χ0n) is 8.08. The van der Waals surface area contributed by atoms with Gasteiger partial charge in [-0.2, -0.15) is 13.2 Å². The molecule has 0 radical (unpaired) electrons. The number of alkyl halides is 3. The van der Waals surface area contributed by atoms with Gasteiger partial charge in [0.05, 0.1) is 0 Å². The molecule has 0 unspecified atom stereocenters. The lowest BCUT2D eigenvalue weighted by Gasteiger charge is -2.08. The van der Waals surface area contributed by atoms with Gasteiger partial charge >= 0.3 is 6.18 Å². The number of aromatic amines is 1. The van der Waals surface area contributed by atoms with Crippen LogP contribution in [-0.4, -0.2) is 20.5 Å². The minimum Gasteiger partial charge on any atom is -0.365 e. The Balaban J connectivity index is 2.89.